The first kappa shape index (κ1) is 7.92. The summed E-state index contributed by atoms with van der Waals surface area (Å²) in [5.41, 5.74) is 2.39. The van der Waals surface area contributed by atoms with E-state index in [4.69, 9.17) is 4.74 Å². The third kappa shape index (κ3) is 1.56. The van der Waals surface area contributed by atoms with E-state index in [2.05, 4.69) is 4.98 Å². The summed E-state index contributed by atoms with van der Waals surface area (Å²) in [5, 5.41) is 0. The summed E-state index contributed by atoms with van der Waals surface area (Å²) in [4.78, 5) is 3.03. The number of benzene rings is 1. The van der Waals surface area contributed by atoms with Gasteiger partial charge >= 0.3 is 0 Å². The molecule has 0 fully saturated rings. The van der Waals surface area contributed by atoms with Crippen molar-refractivity contribution in [2.24, 2.45) is 0 Å². The van der Waals surface area contributed by atoms with E-state index in [1.807, 2.05) is 42.7 Å². The maximum absolute atomic E-state index is 5.08. The van der Waals surface area contributed by atoms with Crippen LogP contribution in [0.25, 0.3) is 11.1 Å². The van der Waals surface area contributed by atoms with Gasteiger partial charge in [0.05, 0.1) is 7.11 Å². The number of aromatic amines is 1. The highest BCUT2D eigenvalue weighted by Gasteiger charge is 1.96. The molecule has 0 saturated heterocycles. The van der Waals surface area contributed by atoms with E-state index >= 15 is 0 Å². The molecule has 0 radical (unpaired) electrons. The third-order valence-corrected chi connectivity index (χ3v) is 2.02. The van der Waals surface area contributed by atoms with E-state index in [-0.39, 0.29) is 0 Å². The van der Waals surface area contributed by atoms with Gasteiger partial charge in [-0.15, -0.1) is 0 Å². The van der Waals surface area contributed by atoms with Gasteiger partial charge in [0.1, 0.15) is 5.75 Å². The van der Waals surface area contributed by atoms with E-state index in [0.29, 0.717) is 0 Å². The van der Waals surface area contributed by atoms with E-state index in [1.165, 1.54) is 11.1 Å². The van der Waals surface area contributed by atoms with Crippen molar-refractivity contribution >= 4 is 0 Å². The molecule has 13 heavy (non-hydrogen) atoms. The molecular formula is C11H11NO. The van der Waals surface area contributed by atoms with Crippen LogP contribution in [0.4, 0.5) is 0 Å². The van der Waals surface area contributed by atoms with Crippen molar-refractivity contribution < 1.29 is 4.74 Å². The van der Waals surface area contributed by atoms with Crippen LogP contribution in [-0.4, -0.2) is 12.1 Å². The van der Waals surface area contributed by atoms with Crippen molar-refractivity contribution in [1.29, 1.82) is 0 Å². The van der Waals surface area contributed by atoms with Gasteiger partial charge in [-0.1, -0.05) is 12.1 Å². The second-order valence-electron chi connectivity index (χ2n) is 2.83. The molecule has 1 aromatic carbocycles. The van der Waals surface area contributed by atoms with Crippen molar-refractivity contribution in [1.82, 2.24) is 4.98 Å². The monoisotopic (exact) mass is 173 g/mol. The molecule has 0 unspecified atom stereocenters. The molecule has 0 bridgehead atoms. The largest absolute Gasteiger partial charge is 0.497 e. The minimum Gasteiger partial charge on any atom is -0.497 e. The van der Waals surface area contributed by atoms with E-state index in [9.17, 15) is 0 Å². The molecule has 1 aromatic heterocycles. The predicted octanol–water partition coefficient (Wildman–Crippen LogP) is 2.69. The van der Waals surface area contributed by atoms with Gasteiger partial charge in [-0.25, -0.2) is 0 Å². The van der Waals surface area contributed by atoms with Crippen LogP contribution in [0.5, 0.6) is 5.75 Å². The Morgan fingerprint density at radius 1 is 1.00 bits per heavy atom. The van der Waals surface area contributed by atoms with Crippen molar-refractivity contribution in [2.45, 2.75) is 0 Å². The first-order valence-electron chi connectivity index (χ1n) is 4.17. The van der Waals surface area contributed by atoms with Gasteiger partial charge in [0.25, 0.3) is 0 Å². The van der Waals surface area contributed by atoms with Crippen LogP contribution in [0, 0.1) is 0 Å². The molecule has 0 aliphatic rings. The van der Waals surface area contributed by atoms with Gasteiger partial charge in [0.15, 0.2) is 0 Å². The lowest BCUT2D eigenvalue weighted by Gasteiger charge is -2.00. The minimum atomic E-state index is 0.888. The maximum atomic E-state index is 5.08. The highest BCUT2D eigenvalue weighted by molar-refractivity contribution is 5.63. The molecule has 66 valence electrons. The Bertz CT molecular complexity index is 361. The van der Waals surface area contributed by atoms with Crippen LogP contribution in [-0.2, 0) is 0 Å². The van der Waals surface area contributed by atoms with Gasteiger partial charge in [-0.3, -0.25) is 0 Å². The summed E-state index contributed by atoms with van der Waals surface area (Å²) in [5.74, 6) is 0.888. The molecule has 0 aliphatic heterocycles. The second kappa shape index (κ2) is 3.35. The molecule has 0 atom stereocenters. The standard InChI is InChI=1S/C11H11NO/c1-13-11-4-2-9(3-5-11)10-6-7-12-8-10/h2-8,12H,1H3. The maximum Gasteiger partial charge on any atom is 0.118 e. The van der Waals surface area contributed by atoms with Crippen LogP contribution >= 0.6 is 0 Å². The van der Waals surface area contributed by atoms with E-state index in [1.54, 1.807) is 7.11 Å². The Labute approximate surface area is 77.2 Å². The number of ether oxygens (including phenoxy) is 1. The topological polar surface area (TPSA) is 25.0 Å². The van der Waals surface area contributed by atoms with Crippen LogP contribution in [0.15, 0.2) is 42.7 Å². The predicted molar refractivity (Wildman–Crippen MR) is 52.8 cm³/mol. The summed E-state index contributed by atoms with van der Waals surface area (Å²) in [6, 6.07) is 10.1. The zero-order chi connectivity index (χ0) is 9.10. The van der Waals surface area contributed by atoms with Crippen LogP contribution in [0.2, 0.25) is 0 Å². The number of hydrogen-bond donors (Lipinski definition) is 1. The van der Waals surface area contributed by atoms with Crippen molar-refractivity contribution in [2.75, 3.05) is 7.11 Å². The number of rotatable bonds is 2. The van der Waals surface area contributed by atoms with Crippen molar-refractivity contribution in [3.8, 4) is 16.9 Å². The summed E-state index contributed by atoms with van der Waals surface area (Å²) >= 11 is 0. The van der Waals surface area contributed by atoms with Crippen molar-refractivity contribution in [3.05, 3.63) is 42.7 Å². The fourth-order valence-corrected chi connectivity index (χ4v) is 1.29. The Morgan fingerprint density at radius 2 is 1.77 bits per heavy atom. The zero-order valence-corrected chi connectivity index (χ0v) is 7.45. The highest BCUT2D eigenvalue weighted by atomic mass is 16.5. The minimum absolute atomic E-state index is 0.888. The van der Waals surface area contributed by atoms with E-state index < -0.39 is 0 Å². The Hall–Kier alpha value is -1.70. The number of methoxy groups -OCH3 is 1. The van der Waals surface area contributed by atoms with Crippen LogP contribution in [0.1, 0.15) is 0 Å². The molecule has 0 saturated carbocycles. The second-order valence-corrected chi connectivity index (χ2v) is 2.83. The fraction of sp³-hybridized carbons (Fsp3) is 0.0909. The molecule has 2 nitrogen and oxygen atoms in total. The highest BCUT2D eigenvalue weighted by Crippen LogP contribution is 2.21. The molecule has 0 amide bonds. The Kier molecular flexibility index (Phi) is 2.04. The molecular weight excluding hydrogens is 162 g/mol. The number of aromatic nitrogens is 1. The molecule has 1 heterocycles. The SMILES string of the molecule is COc1ccc(-c2cc[nH]c2)cc1. The van der Waals surface area contributed by atoms with Gasteiger partial charge < -0.3 is 9.72 Å². The number of H-pyrrole nitrogens is 1. The first-order valence-corrected chi connectivity index (χ1v) is 4.17. The molecule has 0 aliphatic carbocycles. The van der Waals surface area contributed by atoms with E-state index in [0.717, 1.165) is 5.75 Å². The fourth-order valence-electron chi connectivity index (χ4n) is 1.29. The quantitative estimate of drug-likeness (QED) is 0.742. The molecule has 0 spiro atoms. The van der Waals surface area contributed by atoms with Crippen LogP contribution < -0.4 is 4.74 Å². The molecule has 1 N–H and O–H groups in total. The van der Waals surface area contributed by atoms with Crippen LogP contribution in [0.3, 0.4) is 0 Å². The lowest BCUT2D eigenvalue weighted by Crippen LogP contribution is -1.81. The molecule has 2 rings (SSSR count). The smallest absolute Gasteiger partial charge is 0.118 e. The molecule has 2 heteroatoms. The van der Waals surface area contributed by atoms with Crippen molar-refractivity contribution in [3.63, 3.8) is 0 Å². The summed E-state index contributed by atoms with van der Waals surface area (Å²) in [6.07, 6.45) is 3.89. The number of nitrogens with one attached hydrogen (secondary N) is 1. The van der Waals surface area contributed by atoms with Gasteiger partial charge in [-0.2, -0.15) is 0 Å². The normalized spacial score (nSPS) is 9.92. The Balaban J connectivity index is 2.33. The summed E-state index contributed by atoms with van der Waals surface area (Å²) in [7, 11) is 1.67. The zero-order valence-electron chi connectivity index (χ0n) is 7.45. The lowest BCUT2D eigenvalue weighted by atomic mass is 10.1. The Morgan fingerprint density at radius 3 is 2.31 bits per heavy atom. The van der Waals surface area contributed by atoms with Gasteiger partial charge in [-0.05, 0) is 29.3 Å². The number of hydrogen-bond acceptors (Lipinski definition) is 1. The third-order valence-electron chi connectivity index (χ3n) is 2.02. The summed E-state index contributed by atoms with van der Waals surface area (Å²) in [6.45, 7) is 0. The summed E-state index contributed by atoms with van der Waals surface area (Å²) < 4.78 is 5.08. The first-order chi connectivity index (χ1) is 6.40. The average molecular weight is 173 g/mol. The lowest BCUT2D eigenvalue weighted by molar-refractivity contribution is 0.415. The average Bonchev–Trinajstić information content (AvgIpc) is 2.71. The molecule has 2 aromatic rings. The van der Waals surface area contributed by atoms with Gasteiger partial charge in [0.2, 0.25) is 0 Å². The van der Waals surface area contributed by atoms with Gasteiger partial charge in [0, 0.05) is 12.4 Å².